The summed E-state index contributed by atoms with van der Waals surface area (Å²) in [5.41, 5.74) is -0.307. The molecule has 3 rings (SSSR count). The van der Waals surface area contributed by atoms with Gasteiger partial charge in [0.25, 0.3) is 0 Å². The number of allylic oxidation sites excluding steroid dienone is 7. The van der Waals surface area contributed by atoms with Crippen molar-refractivity contribution in [3.63, 3.8) is 0 Å². The molecule has 1 aliphatic carbocycles. The van der Waals surface area contributed by atoms with E-state index in [1.165, 1.54) is 12.1 Å². The fourth-order valence-electron chi connectivity index (χ4n) is 2.19. The summed E-state index contributed by atoms with van der Waals surface area (Å²) in [6, 6.07) is 12.2. The van der Waals surface area contributed by atoms with Gasteiger partial charge in [0.1, 0.15) is 0 Å². The van der Waals surface area contributed by atoms with Crippen LogP contribution in [0.4, 0.5) is 14.3 Å². The van der Waals surface area contributed by atoms with Crippen LogP contribution in [-0.2, 0) is 17.1 Å². The molecule has 0 bridgehead atoms. The number of nitro benzene ring substituents is 1. The largest absolute Gasteiger partial charge is 2.00 e. The minimum absolute atomic E-state index is 0. The van der Waals surface area contributed by atoms with Crippen LogP contribution in [-0.4, -0.2) is 12.4 Å². The molecule has 2 aromatic carbocycles. The third-order valence-corrected chi connectivity index (χ3v) is 3.83. The summed E-state index contributed by atoms with van der Waals surface area (Å²) in [5, 5.41) is 23.2. The average Bonchev–Trinajstić information content (AvgIpc) is 3.36. The van der Waals surface area contributed by atoms with Gasteiger partial charge in [-0.05, 0) is 11.6 Å². The molecule has 0 saturated heterocycles. The van der Waals surface area contributed by atoms with E-state index in [-0.39, 0.29) is 27.1 Å². The van der Waals surface area contributed by atoms with Crippen molar-refractivity contribution in [2.45, 2.75) is 0 Å². The molecule has 1 aliphatic rings. The zero-order chi connectivity index (χ0) is 20.5. The smallest absolute Gasteiger partial charge is 0.872 e. The summed E-state index contributed by atoms with van der Waals surface area (Å²) in [4.78, 5) is 10.1. The molecule has 10 heteroatoms. The fourth-order valence-corrected chi connectivity index (χ4v) is 2.64. The van der Waals surface area contributed by atoms with Gasteiger partial charge in [-0.25, -0.2) is 20.8 Å². The van der Waals surface area contributed by atoms with Crippen LogP contribution in [0.25, 0.3) is 5.76 Å². The molecule has 0 aromatic heterocycles. The first-order chi connectivity index (χ1) is 13.4. The Bertz CT molecular complexity index is 913. The molecular weight excluding hydrogens is 491 g/mol. The second kappa shape index (κ2) is 12.1. The summed E-state index contributed by atoms with van der Waals surface area (Å²) >= 11 is 3.02. The molecule has 0 radical (unpaired) electrons. The number of benzene rings is 1. The third kappa shape index (κ3) is 7.77. The van der Waals surface area contributed by atoms with E-state index in [4.69, 9.17) is 0 Å². The SMILES string of the molecule is O=[N+]([O-])c1cc(Br)cc(C([O-])=CC=C2C=CC=C2)c1OB(F)F.[Fe+2].c1cc[cH-]c1. The molecule has 2 aromatic rings. The molecule has 0 saturated carbocycles. The van der Waals surface area contributed by atoms with Gasteiger partial charge in [0.05, 0.1) is 4.92 Å². The van der Waals surface area contributed by atoms with Crippen molar-refractivity contribution < 1.29 is 40.4 Å². The van der Waals surface area contributed by atoms with E-state index in [0.717, 1.165) is 17.7 Å². The van der Waals surface area contributed by atoms with Gasteiger partial charge in [0.2, 0.25) is 0 Å². The molecule has 0 spiro atoms. The number of rotatable bonds is 5. The van der Waals surface area contributed by atoms with Crippen molar-refractivity contribution in [1.82, 2.24) is 0 Å². The third-order valence-electron chi connectivity index (χ3n) is 3.37. The van der Waals surface area contributed by atoms with Crippen LogP contribution in [0.2, 0.25) is 0 Å². The molecule has 5 nitrogen and oxygen atoms in total. The van der Waals surface area contributed by atoms with Crippen molar-refractivity contribution in [1.29, 1.82) is 0 Å². The van der Waals surface area contributed by atoms with Crippen LogP contribution in [0.3, 0.4) is 0 Å². The van der Waals surface area contributed by atoms with Crippen molar-refractivity contribution in [2.24, 2.45) is 0 Å². The van der Waals surface area contributed by atoms with Gasteiger partial charge in [0, 0.05) is 16.1 Å². The van der Waals surface area contributed by atoms with Gasteiger partial charge in [-0.1, -0.05) is 58.1 Å². The normalized spacial score (nSPS) is 12.0. The summed E-state index contributed by atoms with van der Waals surface area (Å²) in [6.07, 6.45) is 9.62. The van der Waals surface area contributed by atoms with E-state index < -0.39 is 29.6 Å². The number of hydrogen-bond acceptors (Lipinski definition) is 4. The van der Waals surface area contributed by atoms with Gasteiger partial charge < -0.3 is 9.76 Å². The van der Waals surface area contributed by atoms with Crippen LogP contribution >= 0.6 is 15.9 Å². The number of halogens is 3. The first-order valence-electron chi connectivity index (χ1n) is 7.92. The Morgan fingerprint density at radius 2 is 1.83 bits per heavy atom. The predicted molar refractivity (Wildman–Crippen MR) is 106 cm³/mol. The van der Waals surface area contributed by atoms with Gasteiger partial charge in [-0.3, -0.25) is 10.1 Å². The number of nitro groups is 1. The molecule has 0 heterocycles. The summed E-state index contributed by atoms with van der Waals surface area (Å²) in [6.45, 7) is 0. The van der Waals surface area contributed by atoms with Gasteiger partial charge >= 0.3 is 30.2 Å². The second-order valence-electron chi connectivity index (χ2n) is 5.32. The quantitative estimate of drug-likeness (QED) is 0.193. The molecular formula is C19H13BBrF2FeNO4. The fraction of sp³-hybridized carbons (Fsp3) is 0. The molecule has 150 valence electrons. The van der Waals surface area contributed by atoms with Crippen LogP contribution in [0, 0.1) is 10.1 Å². The second-order valence-corrected chi connectivity index (χ2v) is 6.23. The van der Waals surface area contributed by atoms with Crippen LogP contribution in [0.15, 0.2) is 89.0 Å². The van der Waals surface area contributed by atoms with Crippen LogP contribution in [0.1, 0.15) is 5.56 Å². The Hall–Kier alpha value is -2.55. The Morgan fingerprint density at radius 3 is 2.31 bits per heavy atom. The standard InChI is InChI=1S/C14H9BBrF2NO4.C5H5.Fe/c16-10-7-11(13(20)6-5-9-3-1-2-4-9)14(23-15(17)18)12(8-10)19(21)22;1-2-4-5-3-1;/h1-8,20H;1-5H;/q;-1;+2/p-1. The summed E-state index contributed by atoms with van der Waals surface area (Å²) in [7, 11) is -3.29. The average molecular weight is 504 g/mol. The molecule has 29 heavy (non-hydrogen) atoms. The number of hydrogen-bond donors (Lipinski definition) is 0. The van der Waals surface area contributed by atoms with Crippen LogP contribution < -0.4 is 9.76 Å². The minimum Gasteiger partial charge on any atom is -0.872 e. The maximum Gasteiger partial charge on any atom is 2.00 e. The minimum atomic E-state index is -3.29. The zero-order valence-electron chi connectivity index (χ0n) is 14.7. The number of nitrogens with zero attached hydrogens (tertiary/aromatic N) is 1. The van der Waals surface area contributed by atoms with Gasteiger partial charge in [-0.2, -0.15) is 18.2 Å². The maximum atomic E-state index is 12.5. The molecule has 0 fully saturated rings. The Morgan fingerprint density at radius 1 is 1.21 bits per heavy atom. The molecule has 0 atom stereocenters. The van der Waals surface area contributed by atoms with E-state index >= 15 is 0 Å². The van der Waals surface area contributed by atoms with Crippen molar-refractivity contribution in [3.05, 3.63) is 105 Å². The topological polar surface area (TPSA) is 75.4 Å². The van der Waals surface area contributed by atoms with E-state index in [1.54, 1.807) is 24.3 Å². The summed E-state index contributed by atoms with van der Waals surface area (Å²) in [5.74, 6) is -1.45. The van der Waals surface area contributed by atoms with Crippen molar-refractivity contribution in [3.8, 4) is 5.75 Å². The van der Waals surface area contributed by atoms with Gasteiger partial charge in [-0.15, -0.1) is 0 Å². The molecule has 0 amide bonds. The van der Waals surface area contributed by atoms with Crippen LogP contribution in [0.5, 0.6) is 5.75 Å². The molecule has 0 aliphatic heterocycles. The summed E-state index contributed by atoms with van der Waals surface area (Å²) < 4.78 is 29.5. The predicted octanol–water partition coefficient (Wildman–Crippen LogP) is 4.82. The molecule has 0 unspecified atom stereocenters. The Balaban J connectivity index is 0.000000610. The van der Waals surface area contributed by atoms with Gasteiger partial charge in [0.15, 0.2) is 5.75 Å². The maximum absolute atomic E-state index is 12.5. The van der Waals surface area contributed by atoms with Crippen molar-refractivity contribution in [2.75, 3.05) is 0 Å². The Labute approximate surface area is 185 Å². The van der Waals surface area contributed by atoms with E-state index in [1.807, 2.05) is 30.3 Å². The Kier molecular flexibility index (Phi) is 10.2. The van der Waals surface area contributed by atoms with E-state index in [9.17, 15) is 23.9 Å². The van der Waals surface area contributed by atoms with Crippen molar-refractivity contribution >= 4 is 34.8 Å². The molecule has 0 N–H and O–H groups in total. The van der Waals surface area contributed by atoms with E-state index in [0.29, 0.717) is 0 Å². The van der Waals surface area contributed by atoms with E-state index in [2.05, 4.69) is 20.6 Å². The zero-order valence-corrected chi connectivity index (χ0v) is 17.3. The first kappa shape index (κ1) is 24.5. The first-order valence-corrected chi connectivity index (χ1v) is 8.71. The monoisotopic (exact) mass is 503 g/mol.